The number of piperazine rings is 1. The molecular formula is C38H48ClN5O2. The van der Waals surface area contributed by atoms with Crippen molar-refractivity contribution in [2.75, 3.05) is 44.7 Å². The number of carbonyl (C=O) groups is 1. The van der Waals surface area contributed by atoms with Crippen LogP contribution in [0.2, 0.25) is 5.02 Å². The molecule has 0 saturated carbocycles. The molecule has 3 heterocycles. The van der Waals surface area contributed by atoms with Gasteiger partial charge in [0.15, 0.2) is 0 Å². The van der Waals surface area contributed by atoms with Gasteiger partial charge in [-0.2, -0.15) is 0 Å². The van der Waals surface area contributed by atoms with Crippen LogP contribution < -0.4 is 15.0 Å². The third-order valence-corrected chi connectivity index (χ3v) is 9.32. The van der Waals surface area contributed by atoms with E-state index >= 15 is 0 Å². The first-order valence-electron chi connectivity index (χ1n) is 16.6. The second-order valence-electron chi connectivity index (χ2n) is 13.1. The molecular weight excluding hydrogens is 594 g/mol. The van der Waals surface area contributed by atoms with Crippen LogP contribution in [0.1, 0.15) is 75.7 Å². The summed E-state index contributed by atoms with van der Waals surface area (Å²) in [4.78, 5) is 25.1. The molecule has 1 fully saturated rings. The van der Waals surface area contributed by atoms with Gasteiger partial charge >= 0.3 is 0 Å². The fourth-order valence-electron chi connectivity index (χ4n) is 6.11. The zero-order valence-electron chi connectivity index (χ0n) is 28.0. The first kappa shape index (κ1) is 33.6. The summed E-state index contributed by atoms with van der Waals surface area (Å²) >= 11 is 6.20. The van der Waals surface area contributed by atoms with E-state index in [0.717, 1.165) is 67.3 Å². The molecule has 0 unspecified atom stereocenters. The normalized spacial score (nSPS) is 16.6. The van der Waals surface area contributed by atoms with Gasteiger partial charge in [0.05, 0.1) is 11.8 Å². The lowest BCUT2D eigenvalue weighted by Crippen LogP contribution is -2.47. The van der Waals surface area contributed by atoms with Gasteiger partial charge in [-0.3, -0.25) is 9.69 Å². The number of allylic oxidation sites excluding steroid dienone is 1. The Morgan fingerprint density at radius 2 is 1.76 bits per heavy atom. The van der Waals surface area contributed by atoms with E-state index in [4.69, 9.17) is 16.3 Å². The predicted octanol–water partition coefficient (Wildman–Crippen LogP) is 8.96. The number of benzene rings is 2. The van der Waals surface area contributed by atoms with E-state index in [0.29, 0.717) is 22.5 Å². The van der Waals surface area contributed by atoms with Gasteiger partial charge in [0.25, 0.3) is 5.91 Å². The lowest BCUT2D eigenvalue weighted by atomic mass is 9.72. The second kappa shape index (κ2) is 15.2. The molecule has 8 heteroatoms. The zero-order chi connectivity index (χ0) is 32.7. The average Bonchev–Trinajstić information content (AvgIpc) is 3.54. The lowest BCUT2D eigenvalue weighted by molar-refractivity contribution is 0.0961. The molecule has 1 saturated heterocycles. The fourth-order valence-corrected chi connectivity index (χ4v) is 6.24. The Labute approximate surface area is 279 Å². The highest BCUT2D eigenvalue weighted by Gasteiger charge is 2.29. The summed E-state index contributed by atoms with van der Waals surface area (Å²) < 4.78 is 6.25. The Kier molecular flexibility index (Phi) is 11.1. The summed E-state index contributed by atoms with van der Waals surface area (Å²) in [5.41, 5.74) is 7.00. The number of unbranched alkanes of at least 4 members (excludes halogenated alkanes) is 1. The van der Waals surface area contributed by atoms with Gasteiger partial charge < -0.3 is 19.9 Å². The van der Waals surface area contributed by atoms with Crippen molar-refractivity contribution in [3.05, 3.63) is 88.7 Å². The monoisotopic (exact) mass is 641 g/mol. The molecule has 0 bridgehead atoms. The van der Waals surface area contributed by atoms with E-state index in [1.807, 2.05) is 48.7 Å². The number of halogens is 1. The molecule has 4 aromatic rings. The van der Waals surface area contributed by atoms with E-state index in [1.54, 1.807) is 18.8 Å². The number of fused-ring (bicyclic) bond motifs is 1. The van der Waals surface area contributed by atoms with Crippen LogP contribution in [0, 0.1) is 5.41 Å². The average molecular weight is 642 g/mol. The van der Waals surface area contributed by atoms with Crippen molar-refractivity contribution in [1.29, 1.82) is 0 Å². The van der Waals surface area contributed by atoms with Gasteiger partial charge in [-0.1, -0.05) is 69.8 Å². The van der Waals surface area contributed by atoms with Crippen LogP contribution >= 0.6 is 11.6 Å². The highest BCUT2D eigenvalue weighted by molar-refractivity contribution is 6.30. The van der Waals surface area contributed by atoms with E-state index in [2.05, 4.69) is 64.9 Å². The number of pyridine rings is 1. The third-order valence-electron chi connectivity index (χ3n) is 9.07. The summed E-state index contributed by atoms with van der Waals surface area (Å²) in [6, 6.07) is 18.1. The highest BCUT2D eigenvalue weighted by Crippen LogP contribution is 2.43. The van der Waals surface area contributed by atoms with Gasteiger partial charge in [0, 0.05) is 68.1 Å². The maximum absolute atomic E-state index is 12.7. The zero-order valence-corrected chi connectivity index (χ0v) is 28.7. The Hall–Kier alpha value is -3.81. The van der Waals surface area contributed by atoms with E-state index < -0.39 is 0 Å². The first-order valence-corrected chi connectivity index (χ1v) is 17.0. The Balaban J connectivity index is 0.000000985. The lowest BCUT2D eigenvalue weighted by Gasteiger charge is -2.39. The van der Waals surface area contributed by atoms with Crippen molar-refractivity contribution in [3.63, 3.8) is 0 Å². The van der Waals surface area contributed by atoms with Gasteiger partial charge in [-0.25, -0.2) is 4.98 Å². The Bertz CT molecular complexity index is 1650. The number of nitrogens with zero attached hydrogens (tertiary/aromatic N) is 3. The topological polar surface area (TPSA) is 73.5 Å². The van der Waals surface area contributed by atoms with Crippen molar-refractivity contribution >= 4 is 39.8 Å². The molecule has 6 rings (SSSR count). The van der Waals surface area contributed by atoms with E-state index in [1.165, 1.54) is 30.4 Å². The summed E-state index contributed by atoms with van der Waals surface area (Å²) in [6.07, 6.45) is 9.61. The van der Waals surface area contributed by atoms with Crippen LogP contribution in [0.3, 0.4) is 0 Å². The van der Waals surface area contributed by atoms with E-state index in [-0.39, 0.29) is 5.91 Å². The number of hydrogen-bond donors (Lipinski definition) is 2. The standard InChI is InChI=1S/C34H38ClN5O2.C4H10/c1-34(2)12-10-25(30(20-34)23-4-6-26(35)7-5-23)22-39-14-16-40(17-15-39)27-8-9-29(33(41)36-3)31(19-27)42-28-18-24-11-13-37-32(24)38-21-28;1-3-4-2/h4-9,11,13,18-19,21H,10,12,14-17,20,22H2,1-3H3,(H,36,41)(H,37,38);3-4H2,1-2H3. The number of carbonyl (C=O) groups excluding carboxylic acids is 1. The van der Waals surface area contributed by atoms with Gasteiger partial charge in [0.2, 0.25) is 0 Å². The minimum absolute atomic E-state index is 0.183. The van der Waals surface area contributed by atoms with Crippen LogP contribution in [-0.4, -0.2) is 60.5 Å². The third kappa shape index (κ3) is 8.31. The molecule has 2 aliphatic rings. The number of rotatable bonds is 8. The maximum atomic E-state index is 12.7. The minimum Gasteiger partial charge on any atom is -0.455 e. The molecule has 46 heavy (non-hydrogen) atoms. The molecule has 1 aliphatic heterocycles. The Morgan fingerprint density at radius 3 is 2.46 bits per heavy atom. The molecule has 2 aromatic carbocycles. The van der Waals surface area contributed by atoms with Crippen molar-refractivity contribution in [3.8, 4) is 11.5 Å². The molecule has 2 N–H and O–H groups in total. The number of nitrogens with one attached hydrogen (secondary N) is 2. The van der Waals surface area contributed by atoms with Crippen molar-refractivity contribution in [2.45, 2.75) is 59.8 Å². The number of hydrogen-bond acceptors (Lipinski definition) is 5. The molecule has 7 nitrogen and oxygen atoms in total. The highest BCUT2D eigenvalue weighted by atomic mass is 35.5. The van der Waals surface area contributed by atoms with Gasteiger partial charge in [-0.05, 0) is 72.2 Å². The molecule has 244 valence electrons. The van der Waals surface area contributed by atoms with Crippen molar-refractivity contribution < 1.29 is 9.53 Å². The summed E-state index contributed by atoms with van der Waals surface area (Å²) in [6.45, 7) is 13.9. The van der Waals surface area contributed by atoms with Crippen molar-refractivity contribution in [1.82, 2.24) is 20.2 Å². The number of ether oxygens (including phenoxy) is 1. The maximum Gasteiger partial charge on any atom is 0.254 e. The van der Waals surface area contributed by atoms with Gasteiger partial charge in [-0.15, -0.1) is 0 Å². The molecule has 1 aliphatic carbocycles. The Morgan fingerprint density at radius 1 is 1.02 bits per heavy atom. The minimum atomic E-state index is -0.183. The van der Waals surface area contributed by atoms with Crippen LogP contribution in [0.25, 0.3) is 16.6 Å². The van der Waals surface area contributed by atoms with Crippen LogP contribution in [0.4, 0.5) is 5.69 Å². The summed E-state index contributed by atoms with van der Waals surface area (Å²) in [5.74, 6) is 0.931. The second-order valence-corrected chi connectivity index (χ2v) is 13.6. The molecule has 0 radical (unpaired) electrons. The molecule has 2 aromatic heterocycles. The molecule has 1 amide bonds. The first-order chi connectivity index (χ1) is 22.2. The van der Waals surface area contributed by atoms with Crippen molar-refractivity contribution in [2.24, 2.45) is 5.41 Å². The fraction of sp³-hybridized carbons (Fsp3) is 0.421. The van der Waals surface area contributed by atoms with Crippen LogP contribution in [0.15, 0.2) is 72.6 Å². The number of anilines is 1. The van der Waals surface area contributed by atoms with E-state index in [9.17, 15) is 4.79 Å². The smallest absolute Gasteiger partial charge is 0.254 e. The number of aromatic nitrogens is 2. The molecule has 0 spiro atoms. The summed E-state index contributed by atoms with van der Waals surface area (Å²) in [7, 11) is 1.63. The quantitative estimate of drug-likeness (QED) is 0.201. The van der Waals surface area contributed by atoms with Crippen LogP contribution in [0.5, 0.6) is 11.5 Å². The van der Waals surface area contributed by atoms with Crippen LogP contribution in [-0.2, 0) is 0 Å². The summed E-state index contributed by atoms with van der Waals surface area (Å²) in [5, 5.41) is 4.46. The molecule has 0 atom stereocenters. The van der Waals surface area contributed by atoms with Gasteiger partial charge in [0.1, 0.15) is 17.1 Å². The number of aromatic amines is 1. The largest absolute Gasteiger partial charge is 0.455 e. The number of H-pyrrole nitrogens is 1. The number of amides is 1. The SMILES string of the molecule is CCCC.CNC(=O)c1ccc(N2CCN(CC3=C(c4ccc(Cl)cc4)CC(C)(C)CC3)CC2)cc1Oc1cnc2[nH]ccc2c1. The predicted molar refractivity (Wildman–Crippen MR) is 191 cm³/mol.